The Hall–Kier alpha value is -1.97. The summed E-state index contributed by atoms with van der Waals surface area (Å²) in [5.41, 5.74) is 0.399. The monoisotopic (exact) mass is 371 g/mol. The van der Waals surface area contributed by atoms with Gasteiger partial charge in [-0.1, -0.05) is 31.4 Å². The summed E-state index contributed by atoms with van der Waals surface area (Å²) < 4.78 is 1.18. The molecule has 0 bridgehead atoms. The Kier molecular flexibility index (Phi) is 5.59. The summed E-state index contributed by atoms with van der Waals surface area (Å²) in [5, 5.41) is 10.8. The maximum absolute atomic E-state index is 12.9. The van der Waals surface area contributed by atoms with Crippen molar-refractivity contribution in [1.82, 2.24) is 9.88 Å². The fourth-order valence-corrected chi connectivity index (χ4v) is 4.81. The van der Waals surface area contributed by atoms with Crippen LogP contribution in [0, 0.1) is 11.3 Å². The second-order valence-corrected chi connectivity index (χ2v) is 8.48. The molecule has 0 aliphatic heterocycles. The van der Waals surface area contributed by atoms with Crippen LogP contribution in [0.3, 0.4) is 0 Å². The molecule has 1 unspecified atom stereocenters. The van der Waals surface area contributed by atoms with E-state index < -0.39 is 5.54 Å². The van der Waals surface area contributed by atoms with Crippen molar-refractivity contribution in [3.63, 3.8) is 0 Å². The van der Waals surface area contributed by atoms with Crippen LogP contribution in [0.1, 0.15) is 50.1 Å². The van der Waals surface area contributed by atoms with Gasteiger partial charge in [-0.05, 0) is 31.9 Å². The third kappa shape index (κ3) is 3.60. The normalized spacial score (nSPS) is 18.8. The van der Waals surface area contributed by atoms with Gasteiger partial charge in [-0.15, -0.1) is 11.3 Å². The summed E-state index contributed by atoms with van der Waals surface area (Å²) >= 11 is 1.69. The van der Waals surface area contributed by atoms with Crippen LogP contribution in [0.15, 0.2) is 24.3 Å². The number of nitriles is 1. The van der Waals surface area contributed by atoms with Gasteiger partial charge in [0, 0.05) is 7.05 Å². The minimum atomic E-state index is -0.616. The van der Waals surface area contributed by atoms with Crippen LogP contribution in [-0.4, -0.2) is 42.0 Å². The largest absolute Gasteiger partial charge is 0.322 e. The number of benzene rings is 1. The van der Waals surface area contributed by atoms with Gasteiger partial charge in [0.05, 0.1) is 23.3 Å². The topological polar surface area (TPSA) is 61.4 Å². The minimum absolute atomic E-state index is 0.0407. The van der Waals surface area contributed by atoms with Crippen molar-refractivity contribution < 1.29 is 9.69 Å². The van der Waals surface area contributed by atoms with Crippen molar-refractivity contribution in [3.8, 4) is 6.07 Å². The Labute approximate surface area is 159 Å². The molecule has 3 rings (SSSR count). The van der Waals surface area contributed by atoms with Crippen molar-refractivity contribution in [3.05, 3.63) is 29.3 Å². The second kappa shape index (κ2) is 7.73. The Morgan fingerprint density at radius 3 is 2.73 bits per heavy atom. The maximum Gasteiger partial charge on any atom is 0.278 e. The zero-order valence-corrected chi connectivity index (χ0v) is 16.6. The molecule has 0 saturated heterocycles. The third-order valence-corrected chi connectivity index (χ3v) is 6.97. The molecule has 1 aromatic heterocycles. The van der Waals surface area contributed by atoms with Crippen LogP contribution in [0.5, 0.6) is 0 Å². The number of hydrogen-bond acceptors (Lipinski definition) is 4. The number of nitrogens with one attached hydrogen (secondary N) is 1. The van der Waals surface area contributed by atoms with E-state index in [1.807, 2.05) is 25.2 Å². The predicted molar refractivity (Wildman–Crippen MR) is 104 cm³/mol. The van der Waals surface area contributed by atoms with E-state index in [0.29, 0.717) is 6.54 Å². The minimum Gasteiger partial charge on any atom is -0.322 e. The fraction of sp³-hybridized carbons (Fsp3) is 0.550. The van der Waals surface area contributed by atoms with Gasteiger partial charge in [-0.25, -0.2) is 4.98 Å². The molecule has 138 valence electrons. The van der Waals surface area contributed by atoms with Gasteiger partial charge < -0.3 is 9.80 Å². The number of fused-ring (bicyclic) bond motifs is 1. The van der Waals surface area contributed by atoms with Crippen molar-refractivity contribution in [1.29, 1.82) is 5.26 Å². The van der Waals surface area contributed by atoms with Crippen LogP contribution in [0.25, 0.3) is 10.2 Å². The summed E-state index contributed by atoms with van der Waals surface area (Å²) in [7, 11) is 3.83. The van der Waals surface area contributed by atoms with Crippen LogP contribution in [-0.2, 0) is 4.79 Å². The number of aromatic nitrogens is 1. The Morgan fingerprint density at radius 2 is 2.08 bits per heavy atom. The summed E-state index contributed by atoms with van der Waals surface area (Å²) in [4.78, 5) is 20.4. The van der Waals surface area contributed by atoms with Crippen LogP contribution in [0.4, 0.5) is 0 Å². The van der Waals surface area contributed by atoms with Gasteiger partial charge in [0.25, 0.3) is 5.91 Å². The van der Waals surface area contributed by atoms with E-state index >= 15 is 0 Å². The zero-order valence-electron chi connectivity index (χ0n) is 15.8. The number of hydrogen-bond donors (Lipinski definition) is 1. The molecular weight excluding hydrogens is 344 g/mol. The lowest BCUT2D eigenvalue weighted by Crippen LogP contribution is -3.10. The number of quaternary nitrogens is 1. The second-order valence-electron chi connectivity index (χ2n) is 7.42. The van der Waals surface area contributed by atoms with Crippen LogP contribution >= 0.6 is 11.3 Å². The lowest BCUT2D eigenvalue weighted by molar-refractivity contribution is -0.902. The van der Waals surface area contributed by atoms with E-state index in [-0.39, 0.29) is 11.9 Å². The number of nitrogens with zero attached hydrogens (tertiary/aromatic N) is 3. The van der Waals surface area contributed by atoms with E-state index in [1.54, 1.807) is 23.3 Å². The first-order valence-corrected chi connectivity index (χ1v) is 10.1. The fourth-order valence-electron chi connectivity index (χ4n) is 3.69. The Balaban J connectivity index is 1.69. The van der Waals surface area contributed by atoms with Crippen LogP contribution in [0.2, 0.25) is 0 Å². The van der Waals surface area contributed by atoms with E-state index in [2.05, 4.69) is 19.1 Å². The Morgan fingerprint density at radius 1 is 1.38 bits per heavy atom. The number of carbonyl (C=O) groups is 1. The molecule has 1 saturated carbocycles. The van der Waals surface area contributed by atoms with E-state index in [1.165, 1.54) is 4.70 Å². The van der Waals surface area contributed by atoms with Gasteiger partial charge in [0.1, 0.15) is 11.6 Å². The van der Waals surface area contributed by atoms with Crippen LogP contribution < -0.4 is 4.90 Å². The van der Waals surface area contributed by atoms with Crippen molar-refractivity contribution >= 4 is 27.5 Å². The smallest absolute Gasteiger partial charge is 0.278 e. The van der Waals surface area contributed by atoms with E-state index in [4.69, 9.17) is 4.98 Å². The predicted octanol–water partition coefficient (Wildman–Crippen LogP) is 2.56. The highest BCUT2D eigenvalue weighted by atomic mass is 32.1. The molecule has 0 spiro atoms. The SMILES string of the molecule is C[C@@H](c1nc2ccccc2s1)[NH+](C)CC(=O)N(C)C1(C#N)CCCCC1. The van der Waals surface area contributed by atoms with E-state index in [0.717, 1.165) is 47.5 Å². The van der Waals surface area contributed by atoms with Gasteiger partial charge >= 0.3 is 0 Å². The lowest BCUT2D eigenvalue weighted by atomic mass is 9.81. The third-order valence-electron chi connectivity index (χ3n) is 5.76. The first kappa shape index (κ1) is 18.8. The van der Waals surface area contributed by atoms with E-state index in [9.17, 15) is 10.1 Å². The molecular formula is C20H27N4OS+. The van der Waals surface area contributed by atoms with Gasteiger partial charge in [-0.3, -0.25) is 4.79 Å². The summed E-state index contributed by atoms with van der Waals surface area (Å²) in [5.74, 6) is 0.0407. The number of carbonyl (C=O) groups excluding carboxylic acids is 1. The molecule has 1 aliphatic carbocycles. The number of para-hydroxylation sites is 1. The van der Waals surface area contributed by atoms with Gasteiger partial charge in [0.2, 0.25) is 0 Å². The molecule has 26 heavy (non-hydrogen) atoms. The van der Waals surface area contributed by atoms with Crippen molar-refractivity contribution in [2.24, 2.45) is 0 Å². The number of likely N-dealkylation sites (N-methyl/N-ethyl adjacent to an activating group) is 2. The lowest BCUT2D eigenvalue weighted by Gasteiger charge is -2.39. The van der Waals surface area contributed by atoms with Gasteiger partial charge in [0.15, 0.2) is 11.6 Å². The number of amides is 1. The highest BCUT2D eigenvalue weighted by Gasteiger charge is 2.39. The number of rotatable bonds is 5. The number of thiazole rings is 1. The van der Waals surface area contributed by atoms with Crippen molar-refractivity contribution in [2.45, 2.75) is 50.6 Å². The molecule has 1 aromatic carbocycles. The Bertz CT molecular complexity index is 786. The summed E-state index contributed by atoms with van der Waals surface area (Å²) in [6.45, 7) is 2.48. The highest BCUT2D eigenvalue weighted by molar-refractivity contribution is 7.18. The standard InChI is InChI=1S/C20H26N4OS/c1-15(19-22-16-9-5-6-10-17(16)26-19)23(2)13-18(25)24(3)20(14-21)11-7-4-8-12-20/h5-6,9-10,15H,4,7-8,11-13H2,1-3H3/p+1/t15-/m0/s1. The molecule has 6 heteroatoms. The first-order chi connectivity index (χ1) is 12.5. The maximum atomic E-state index is 12.9. The van der Waals surface area contributed by atoms with Crippen molar-refractivity contribution in [2.75, 3.05) is 20.6 Å². The molecule has 5 nitrogen and oxygen atoms in total. The molecule has 1 N–H and O–H groups in total. The van der Waals surface area contributed by atoms with Gasteiger partial charge in [-0.2, -0.15) is 5.26 Å². The first-order valence-electron chi connectivity index (χ1n) is 9.32. The molecule has 1 amide bonds. The highest BCUT2D eigenvalue weighted by Crippen LogP contribution is 2.32. The quantitative estimate of drug-likeness (QED) is 0.879. The molecule has 1 aliphatic rings. The average Bonchev–Trinajstić information content (AvgIpc) is 3.11. The summed E-state index contributed by atoms with van der Waals surface area (Å²) in [6, 6.07) is 10.7. The molecule has 1 heterocycles. The molecule has 2 aromatic rings. The average molecular weight is 372 g/mol. The molecule has 0 radical (unpaired) electrons. The summed E-state index contributed by atoms with van der Waals surface area (Å²) in [6.07, 6.45) is 4.79. The molecule has 1 fully saturated rings. The molecule has 2 atom stereocenters. The zero-order chi connectivity index (χ0) is 18.7.